The van der Waals surface area contributed by atoms with Gasteiger partial charge in [0.25, 0.3) is 5.91 Å². The lowest BCUT2D eigenvalue weighted by Crippen LogP contribution is -2.45. The molecule has 0 saturated carbocycles. The van der Waals surface area contributed by atoms with Crippen LogP contribution in [0.3, 0.4) is 0 Å². The van der Waals surface area contributed by atoms with E-state index in [0.717, 1.165) is 12.1 Å². The van der Waals surface area contributed by atoms with Gasteiger partial charge in [-0.2, -0.15) is 0 Å². The number of rotatable bonds is 10. The lowest BCUT2D eigenvalue weighted by Gasteiger charge is -2.25. The number of guanidine groups is 1. The summed E-state index contributed by atoms with van der Waals surface area (Å²) in [4.78, 5) is 34.9. The largest absolute Gasteiger partial charge is 0.357 e. The van der Waals surface area contributed by atoms with Gasteiger partial charge >= 0.3 is 0 Å². The van der Waals surface area contributed by atoms with Crippen LogP contribution in [0.1, 0.15) is 50.5 Å². The van der Waals surface area contributed by atoms with Gasteiger partial charge in [0.1, 0.15) is 0 Å². The Morgan fingerprint density at radius 3 is 1.90 bits per heavy atom. The molecule has 7 nitrogen and oxygen atoms in total. The normalized spacial score (nSPS) is 10.8. The molecule has 0 atom stereocenters. The molecule has 1 aromatic carbocycles. The topological polar surface area (TPSA) is 68.2 Å². The van der Waals surface area contributed by atoms with E-state index in [9.17, 15) is 9.59 Å². The summed E-state index contributed by atoms with van der Waals surface area (Å²) in [5.74, 6) is 0.826. The van der Waals surface area contributed by atoms with Crippen molar-refractivity contribution in [3.63, 3.8) is 0 Å². The van der Waals surface area contributed by atoms with E-state index in [0.29, 0.717) is 44.2 Å². The molecule has 8 heteroatoms. The van der Waals surface area contributed by atoms with Crippen molar-refractivity contribution in [3.05, 3.63) is 35.4 Å². The van der Waals surface area contributed by atoms with Crippen LogP contribution in [0.4, 0.5) is 0 Å². The summed E-state index contributed by atoms with van der Waals surface area (Å²) in [6, 6.07) is 7.58. The summed E-state index contributed by atoms with van der Waals surface area (Å²) in [5.41, 5.74) is 1.70. The molecule has 0 heterocycles. The quantitative estimate of drug-likeness (QED) is 0.287. The Kier molecular flexibility index (Phi) is 14.1. The maximum atomic E-state index is 12.4. The van der Waals surface area contributed by atoms with E-state index in [2.05, 4.69) is 10.3 Å². The molecule has 0 aromatic heterocycles. The van der Waals surface area contributed by atoms with E-state index in [1.807, 2.05) is 75.7 Å². The highest BCUT2D eigenvalue weighted by molar-refractivity contribution is 14.0. The van der Waals surface area contributed by atoms with Crippen LogP contribution in [-0.2, 0) is 11.3 Å². The van der Waals surface area contributed by atoms with Crippen LogP contribution in [0.25, 0.3) is 0 Å². The number of carbonyl (C=O) groups is 2. The molecule has 170 valence electrons. The van der Waals surface area contributed by atoms with E-state index in [1.54, 1.807) is 4.90 Å². The van der Waals surface area contributed by atoms with Crippen LogP contribution in [0.5, 0.6) is 0 Å². The summed E-state index contributed by atoms with van der Waals surface area (Å²) >= 11 is 0. The molecule has 0 bridgehead atoms. The Balaban J connectivity index is 0.00000841. The Morgan fingerprint density at radius 1 is 0.900 bits per heavy atom. The number of nitrogens with zero attached hydrogens (tertiary/aromatic N) is 4. The summed E-state index contributed by atoms with van der Waals surface area (Å²) in [7, 11) is 1.87. The fourth-order valence-corrected chi connectivity index (χ4v) is 3.04. The van der Waals surface area contributed by atoms with E-state index < -0.39 is 0 Å². The minimum atomic E-state index is 0. The molecule has 1 aromatic rings. The number of nitrogens with one attached hydrogen (secondary N) is 1. The SMILES string of the molecule is CCNC(=NCc1ccc(C(=O)N(CC)CC)cc1)N(C)CC(=O)N(CC)CC.I. The number of aliphatic imine (C=N–C) groups is 1. The first-order chi connectivity index (χ1) is 13.9. The van der Waals surface area contributed by atoms with Crippen LogP contribution < -0.4 is 5.32 Å². The van der Waals surface area contributed by atoms with Gasteiger partial charge in [0.15, 0.2) is 5.96 Å². The number of likely N-dealkylation sites (N-methyl/N-ethyl adjacent to an activating group) is 2. The second-order valence-electron chi connectivity index (χ2n) is 6.77. The second kappa shape index (κ2) is 15.0. The molecule has 30 heavy (non-hydrogen) atoms. The predicted molar refractivity (Wildman–Crippen MR) is 134 cm³/mol. The van der Waals surface area contributed by atoms with Crippen molar-refractivity contribution in [2.45, 2.75) is 41.2 Å². The minimum Gasteiger partial charge on any atom is -0.357 e. The van der Waals surface area contributed by atoms with Gasteiger partial charge in [0.2, 0.25) is 5.91 Å². The van der Waals surface area contributed by atoms with Gasteiger partial charge in [-0.3, -0.25) is 9.59 Å². The summed E-state index contributed by atoms with van der Waals surface area (Å²) in [6.07, 6.45) is 0. The highest BCUT2D eigenvalue weighted by Crippen LogP contribution is 2.09. The number of hydrogen-bond acceptors (Lipinski definition) is 3. The summed E-state index contributed by atoms with van der Waals surface area (Å²) in [6.45, 7) is 14.2. The van der Waals surface area contributed by atoms with Crippen LogP contribution in [-0.4, -0.2) is 78.8 Å². The van der Waals surface area contributed by atoms with Gasteiger partial charge in [0, 0.05) is 45.3 Å². The third-order valence-corrected chi connectivity index (χ3v) is 4.85. The van der Waals surface area contributed by atoms with Gasteiger partial charge in [0.05, 0.1) is 13.1 Å². The van der Waals surface area contributed by atoms with Crippen molar-refractivity contribution in [1.82, 2.24) is 20.0 Å². The van der Waals surface area contributed by atoms with Crippen LogP contribution >= 0.6 is 24.0 Å². The van der Waals surface area contributed by atoms with Crippen molar-refractivity contribution in [1.29, 1.82) is 0 Å². The molecule has 0 aliphatic carbocycles. The van der Waals surface area contributed by atoms with E-state index >= 15 is 0 Å². The van der Waals surface area contributed by atoms with Crippen molar-refractivity contribution >= 4 is 41.8 Å². The number of benzene rings is 1. The molecule has 0 spiro atoms. The third-order valence-electron chi connectivity index (χ3n) is 4.85. The number of amides is 2. The molecular weight excluding hydrogens is 493 g/mol. The molecule has 2 amide bonds. The van der Waals surface area contributed by atoms with Crippen molar-refractivity contribution in [2.24, 2.45) is 4.99 Å². The van der Waals surface area contributed by atoms with Crippen molar-refractivity contribution in [2.75, 3.05) is 46.3 Å². The first-order valence-electron chi connectivity index (χ1n) is 10.6. The zero-order chi connectivity index (χ0) is 21.8. The van der Waals surface area contributed by atoms with Crippen molar-refractivity contribution in [3.8, 4) is 0 Å². The molecule has 0 radical (unpaired) electrons. The van der Waals surface area contributed by atoms with E-state index in [4.69, 9.17) is 0 Å². The van der Waals surface area contributed by atoms with Gasteiger partial charge in [-0.1, -0.05) is 12.1 Å². The highest BCUT2D eigenvalue weighted by atomic mass is 127. The average molecular weight is 531 g/mol. The van der Waals surface area contributed by atoms with Crippen molar-refractivity contribution < 1.29 is 9.59 Å². The van der Waals surface area contributed by atoms with E-state index in [-0.39, 0.29) is 42.3 Å². The van der Waals surface area contributed by atoms with Gasteiger partial charge in [-0.15, -0.1) is 24.0 Å². The second-order valence-corrected chi connectivity index (χ2v) is 6.77. The Hall–Kier alpha value is -1.84. The van der Waals surface area contributed by atoms with Crippen LogP contribution in [0, 0.1) is 0 Å². The summed E-state index contributed by atoms with van der Waals surface area (Å²) < 4.78 is 0. The average Bonchev–Trinajstić information content (AvgIpc) is 2.73. The Morgan fingerprint density at radius 2 is 1.43 bits per heavy atom. The zero-order valence-corrected chi connectivity index (χ0v) is 21.6. The maximum absolute atomic E-state index is 12.4. The zero-order valence-electron chi connectivity index (χ0n) is 19.3. The summed E-state index contributed by atoms with van der Waals surface area (Å²) in [5, 5.41) is 3.24. The molecule has 0 unspecified atom stereocenters. The fraction of sp³-hybridized carbons (Fsp3) is 0.591. The standard InChI is InChI=1S/C22H37N5O2.HI/c1-7-23-22(25(6)17-20(28)26(8-2)9-3)24-16-18-12-14-19(15-13-18)21(29)27(10-4)11-5;/h12-15H,7-11,16-17H2,1-6H3,(H,23,24);1H. The minimum absolute atomic E-state index is 0. The molecule has 0 aliphatic rings. The van der Waals surface area contributed by atoms with Gasteiger partial charge < -0.3 is 20.0 Å². The Bertz CT molecular complexity index is 671. The van der Waals surface area contributed by atoms with E-state index in [1.165, 1.54) is 0 Å². The monoisotopic (exact) mass is 531 g/mol. The first kappa shape index (κ1) is 28.2. The molecule has 0 fully saturated rings. The molecule has 1 N–H and O–H groups in total. The maximum Gasteiger partial charge on any atom is 0.253 e. The molecule has 0 aliphatic heterocycles. The molecular formula is C22H38IN5O2. The van der Waals surface area contributed by atoms with Crippen LogP contribution in [0.2, 0.25) is 0 Å². The number of carbonyl (C=O) groups excluding carboxylic acids is 2. The third kappa shape index (κ3) is 8.49. The van der Waals surface area contributed by atoms with Gasteiger partial charge in [-0.05, 0) is 52.3 Å². The fourth-order valence-electron chi connectivity index (χ4n) is 3.04. The molecule has 0 saturated heterocycles. The van der Waals surface area contributed by atoms with Crippen LogP contribution in [0.15, 0.2) is 29.3 Å². The predicted octanol–water partition coefficient (Wildman–Crippen LogP) is 3.05. The first-order valence-corrected chi connectivity index (χ1v) is 10.6. The number of halogens is 1. The highest BCUT2D eigenvalue weighted by Gasteiger charge is 2.15. The number of hydrogen-bond donors (Lipinski definition) is 1. The Labute approximate surface area is 198 Å². The smallest absolute Gasteiger partial charge is 0.253 e. The lowest BCUT2D eigenvalue weighted by atomic mass is 10.1. The molecule has 1 rings (SSSR count). The lowest BCUT2D eigenvalue weighted by molar-refractivity contribution is -0.131. The van der Waals surface area contributed by atoms with Gasteiger partial charge in [-0.25, -0.2) is 4.99 Å².